The molecule has 0 saturated heterocycles. The number of hydrogen-bond acceptors (Lipinski definition) is 4. The van der Waals surface area contributed by atoms with Crippen LogP contribution in [0, 0.1) is 0 Å². The monoisotopic (exact) mass is 319 g/mol. The van der Waals surface area contributed by atoms with Crippen LogP contribution in [0.15, 0.2) is 16.3 Å². The van der Waals surface area contributed by atoms with Crippen molar-refractivity contribution < 1.29 is 18.3 Å². The van der Waals surface area contributed by atoms with Crippen LogP contribution in [0.5, 0.6) is 0 Å². The molecule has 0 spiro atoms. The topological polar surface area (TPSA) is 83.5 Å². The highest BCUT2D eigenvalue weighted by Crippen LogP contribution is 2.21. The molecule has 7 heteroatoms. The van der Waals surface area contributed by atoms with Gasteiger partial charge in [0, 0.05) is 6.54 Å². The van der Waals surface area contributed by atoms with Gasteiger partial charge in [-0.25, -0.2) is 17.9 Å². The van der Waals surface area contributed by atoms with Crippen LogP contribution < -0.4 is 4.72 Å². The minimum Gasteiger partial charge on any atom is -0.477 e. The first-order valence-electron chi connectivity index (χ1n) is 6.80. The lowest BCUT2D eigenvalue weighted by Gasteiger charge is -2.04. The highest BCUT2D eigenvalue weighted by molar-refractivity contribution is 7.91. The first-order chi connectivity index (χ1) is 9.47. The van der Waals surface area contributed by atoms with E-state index in [0.29, 0.717) is 6.54 Å². The van der Waals surface area contributed by atoms with Gasteiger partial charge in [0.05, 0.1) is 0 Å². The van der Waals surface area contributed by atoms with Crippen LogP contribution in [-0.2, 0) is 10.0 Å². The summed E-state index contributed by atoms with van der Waals surface area (Å²) in [6.45, 7) is 2.55. The van der Waals surface area contributed by atoms with Gasteiger partial charge in [-0.1, -0.05) is 39.0 Å². The molecule has 114 valence electrons. The van der Waals surface area contributed by atoms with E-state index >= 15 is 0 Å². The molecule has 0 radical (unpaired) electrons. The van der Waals surface area contributed by atoms with Crippen molar-refractivity contribution in [2.24, 2.45) is 0 Å². The molecule has 0 unspecified atom stereocenters. The van der Waals surface area contributed by atoms with Gasteiger partial charge >= 0.3 is 5.97 Å². The summed E-state index contributed by atoms with van der Waals surface area (Å²) in [5, 5.41) is 8.78. The van der Waals surface area contributed by atoms with Crippen LogP contribution in [0.25, 0.3) is 0 Å². The number of unbranched alkanes of at least 4 members (excludes halogenated alkanes) is 5. The van der Waals surface area contributed by atoms with E-state index in [1.807, 2.05) is 0 Å². The molecule has 0 aliphatic carbocycles. The van der Waals surface area contributed by atoms with Crippen molar-refractivity contribution in [3.8, 4) is 0 Å². The molecule has 5 nitrogen and oxygen atoms in total. The number of thiophene rings is 1. The summed E-state index contributed by atoms with van der Waals surface area (Å²) in [5.41, 5.74) is 0. The quantitative estimate of drug-likeness (QED) is 0.649. The summed E-state index contributed by atoms with van der Waals surface area (Å²) in [4.78, 5) is 10.8. The van der Waals surface area contributed by atoms with E-state index < -0.39 is 16.0 Å². The van der Waals surface area contributed by atoms with Crippen LogP contribution in [0.1, 0.15) is 55.1 Å². The van der Waals surface area contributed by atoms with Crippen molar-refractivity contribution in [3.05, 3.63) is 17.0 Å². The highest BCUT2D eigenvalue weighted by atomic mass is 32.2. The Bertz CT molecular complexity index is 522. The Balaban J connectivity index is 2.36. The second-order valence-corrected chi connectivity index (χ2v) is 7.67. The van der Waals surface area contributed by atoms with E-state index in [9.17, 15) is 13.2 Å². The molecule has 0 aromatic carbocycles. The minimum atomic E-state index is -3.57. The van der Waals surface area contributed by atoms with E-state index in [1.54, 1.807) is 0 Å². The first kappa shape index (κ1) is 17.1. The first-order valence-corrected chi connectivity index (χ1v) is 9.10. The predicted molar refractivity (Wildman–Crippen MR) is 79.8 cm³/mol. The molecule has 0 bridgehead atoms. The number of carboxylic acid groups (broad SMARTS) is 1. The van der Waals surface area contributed by atoms with E-state index in [1.165, 1.54) is 31.4 Å². The zero-order chi connectivity index (χ0) is 15.0. The van der Waals surface area contributed by atoms with Crippen molar-refractivity contribution in [1.82, 2.24) is 4.72 Å². The van der Waals surface area contributed by atoms with Crippen LogP contribution in [0.4, 0.5) is 0 Å². The third kappa shape index (κ3) is 5.60. The van der Waals surface area contributed by atoms with Crippen molar-refractivity contribution >= 4 is 27.3 Å². The fraction of sp³-hybridized carbons (Fsp3) is 0.615. The SMILES string of the molecule is CCCCCCCCNS(=O)(=O)c1ccc(C(=O)O)s1. The Hall–Kier alpha value is -0.920. The molecule has 0 aliphatic heterocycles. The molecule has 0 fully saturated rings. The van der Waals surface area contributed by atoms with Gasteiger partial charge < -0.3 is 5.11 Å². The average molecular weight is 319 g/mol. The highest BCUT2D eigenvalue weighted by Gasteiger charge is 2.18. The van der Waals surface area contributed by atoms with Gasteiger partial charge in [-0.15, -0.1) is 11.3 Å². The van der Waals surface area contributed by atoms with Gasteiger partial charge in [0.15, 0.2) is 0 Å². The molecule has 0 aliphatic rings. The Labute approximate surface area is 124 Å². The van der Waals surface area contributed by atoms with E-state index in [4.69, 9.17) is 5.11 Å². The van der Waals surface area contributed by atoms with Crippen LogP contribution >= 0.6 is 11.3 Å². The number of rotatable bonds is 10. The second-order valence-electron chi connectivity index (χ2n) is 4.59. The van der Waals surface area contributed by atoms with Gasteiger partial charge in [0.2, 0.25) is 10.0 Å². The molecule has 1 aromatic rings. The number of carboxylic acids is 1. The normalized spacial score (nSPS) is 11.7. The van der Waals surface area contributed by atoms with Crippen LogP contribution in [0.3, 0.4) is 0 Å². The third-order valence-electron chi connectivity index (χ3n) is 2.88. The van der Waals surface area contributed by atoms with Crippen LogP contribution in [-0.4, -0.2) is 26.0 Å². The van der Waals surface area contributed by atoms with E-state index in [0.717, 1.165) is 30.6 Å². The largest absolute Gasteiger partial charge is 0.477 e. The molecule has 2 N–H and O–H groups in total. The van der Waals surface area contributed by atoms with Gasteiger partial charge in [-0.2, -0.15) is 0 Å². The van der Waals surface area contributed by atoms with Crippen molar-refractivity contribution in [2.75, 3.05) is 6.54 Å². The second kappa shape index (κ2) is 8.39. The Morgan fingerprint density at radius 1 is 1.20 bits per heavy atom. The summed E-state index contributed by atoms with van der Waals surface area (Å²) in [6, 6.07) is 2.64. The van der Waals surface area contributed by atoms with Gasteiger partial charge in [0.25, 0.3) is 0 Å². The van der Waals surface area contributed by atoms with Crippen LogP contribution in [0.2, 0.25) is 0 Å². The lowest BCUT2D eigenvalue weighted by Crippen LogP contribution is -2.23. The fourth-order valence-corrected chi connectivity index (χ4v) is 4.03. The Kier molecular flexibility index (Phi) is 7.18. The third-order valence-corrected chi connectivity index (χ3v) is 5.91. The molecule has 0 atom stereocenters. The molecule has 1 aromatic heterocycles. The number of sulfonamides is 1. The van der Waals surface area contributed by atoms with Crippen molar-refractivity contribution in [2.45, 2.75) is 49.7 Å². The Morgan fingerprint density at radius 2 is 1.85 bits per heavy atom. The molecule has 1 rings (SSSR count). The minimum absolute atomic E-state index is 0.0324. The number of aromatic carboxylic acids is 1. The van der Waals surface area contributed by atoms with Crippen molar-refractivity contribution in [1.29, 1.82) is 0 Å². The van der Waals surface area contributed by atoms with Gasteiger partial charge in [0.1, 0.15) is 9.09 Å². The summed E-state index contributed by atoms with van der Waals surface area (Å²) in [6.07, 6.45) is 6.54. The summed E-state index contributed by atoms with van der Waals surface area (Å²) >= 11 is 0.773. The smallest absolute Gasteiger partial charge is 0.345 e. The molecule has 0 saturated carbocycles. The summed E-state index contributed by atoms with van der Waals surface area (Å²) in [7, 11) is -3.57. The predicted octanol–water partition coefficient (Wildman–Crippen LogP) is 3.09. The summed E-state index contributed by atoms with van der Waals surface area (Å²) in [5.74, 6) is -1.10. The molecule has 0 amide bonds. The summed E-state index contributed by atoms with van der Waals surface area (Å²) < 4.78 is 26.4. The van der Waals surface area contributed by atoms with Gasteiger partial charge in [-0.05, 0) is 18.6 Å². The van der Waals surface area contributed by atoms with E-state index in [-0.39, 0.29) is 9.09 Å². The molecular formula is C13H21NO4S2. The molecule has 1 heterocycles. The maximum absolute atomic E-state index is 11.9. The number of nitrogens with one attached hydrogen (secondary N) is 1. The lowest BCUT2D eigenvalue weighted by atomic mass is 10.1. The van der Waals surface area contributed by atoms with Gasteiger partial charge in [-0.3, -0.25) is 0 Å². The maximum Gasteiger partial charge on any atom is 0.345 e. The van der Waals surface area contributed by atoms with Crippen molar-refractivity contribution in [3.63, 3.8) is 0 Å². The van der Waals surface area contributed by atoms with E-state index in [2.05, 4.69) is 11.6 Å². The zero-order valence-electron chi connectivity index (χ0n) is 11.6. The molecule has 20 heavy (non-hydrogen) atoms. The Morgan fingerprint density at radius 3 is 2.45 bits per heavy atom. The average Bonchev–Trinajstić information content (AvgIpc) is 2.88. The number of carbonyl (C=O) groups is 1. The fourth-order valence-electron chi connectivity index (χ4n) is 1.76. The maximum atomic E-state index is 11.9. The molecular weight excluding hydrogens is 298 g/mol. The number of hydrogen-bond donors (Lipinski definition) is 2. The lowest BCUT2D eigenvalue weighted by molar-refractivity contribution is 0.0702. The zero-order valence-corrected chi connectivity index (χ0v) is 13.2. The standard InChI is InChI=1S/C13H21NO4S2/c1-2-3-4-5-6-7-10-14-20(17,18)12-9-8-11(19-12)13(15)16/h8-9,14H,2-7,10H2,1H3,(H,15,16).